The third-order valence-electron chi connectivity index (χ3n) is 5.14. The fraction of sp³-hybridized carbons (Fsp3) is 0.684. The molecule has 3 rings (SSSR count). The fourth-order valence-corrected chi connectivity index (χ4v) is 3.86. The maximum atomic E-state index is 4.74. The number of hydrogen-bond acceptors (Lipinski definition) is 3. The third kappa shape index (κ3) is 4.94. The van der Waals surface area contributed by atoms with E-state index in [0.717, 1.165) is 38.1 Å². The first-order valence-electron chi connectivity index (χ1n) is 9.53. The first-order chi connectivity index (χ1) is 11.8. The number of nitrogens with zero attached hydrogens (tertiary/aromatic N) is 3. The van der Waals surface area contributed by atoms with Gasteiger partial charge in [-0.1, -0.05) is 18.9 Å². The van der Waals surface area contributed by atoms with E-state index in [2.05, 4.69) is 33.5 Å². The molecule has 1 saturated heterocycles. The Labute approximate surface area is 146 Å². The van der Waals surface area contributed by atoms with Crippen molar-refractivity contribution in [2.75, 3.05) is 26.2 Å². The predicted molar refractivity (Wildman–Crippen MR) is 99.3 cm³/mol. The van der Waals surface area contributed by atoms with Crippen LogP contribution in [0.2, 0.25) is 0 Å². The molecule has 2 heterocycles. The average Bonchev–Trinajstić information content (AvgIpc) is 3.27. The van der Waals surface area contributed by atoms with Crippen LogP contribution in [0.1, 0.15) is 44.6 Å². The Morgan fingerprint density at radius 1 is 1.33 bits per heavy atom. The van der Waals surface area contributed by atoms with Gasteiger partial charge in [0.25, 0.3) is 0 Å². The SMILES string of the molecule is CCNC(=NCCc1cccnc1)NC1CCN(C2CCCC2)C1. The maximum absolute atomic E-state index is 4.74. The largest absolute Gasteiger partial charge is 0.357 e. The van der Waals surface area contributed by atoms with Crippen LogP contribution in [-0.2, 0) is 6.42 Å². The summed E-state index contributed by atoms with van der Waals surface area (Å²) in [7, 11) is 0. The van der Waals surface area contributed by atoms with Gasteiger partial charge in [-0.15, -0.1) is 0 Å². The summed E-state index contributed by atoms with van der Waals surface area (Å²) < 4.78 is 0. The van der Waals surface area contributed by atoms with Crippen LogP contribution in [-0.4, -0.2) is 54.1 Å². The number of pyridine rings is 1. The highest BCUT2D eigenvalue weighted by atomic mass is 15.3. The Bertz CT molecular complexity index is 510. The Balaban J connectivity index is 1.47. The molecule has 0 radical (unpaired) electrons. The molecular formula is C19H31N5. The average molecular weight is 329 g/mol. The summed E-state index contributed by atoms with van der Waals surface area (Å²) in [6.07, 6.45) is 11.5. The van der Waals surface area contributed by atoms with Crippen molar-refractivity contribution < 1.29 is 0 Å². The van der Waals surface area contributed by atoms with E-state index in [1.165, 1.54) is 44.2 Å². The topological polar surface area (TPSA) is 52.6 Å². The van der Waals surface area contributed by atoms with E-state index in [1.807, 2.05) is 18.5 Å². The van der Waals surface area contributed by atoms with Crippen molar-refractivity contribution in [2.45, 2.75) is 57.5 Å². The standard InChI is InChI=1S/C19H31N5/c1-2-21-19(22-12-9-16-6-5-11-20-14-16)23-17-10-13-24(15-17)18-7-3-4-8-18/h5-6,11,14,17-18H,2-4,7-10,12-13,15H2,1H3,(H2,21,22,23). The number of rotatable bonds is 6. The molecule has 0 spiro atoms. The number of aromatic nitrogens is 1. The van der Waals surface area contributed by atoms with Crippen molar-refractivity contribution in [3.63, 3.8) is 0 Å². The number of hydrogen-bond donors (Lipinski definition) is 2. The lowest BCUT2D eigenvalue weighted by Crippen LogP contribution is -2.45. The van der Waals surface area contributed by atoms with Gasteiger partial charge in [0.15, 0.2) is 5.96 Å². The van der Waals surface area contributed by atoms with Crippen LogP contribution in [0.3, 0.4) is 0 Å². The highest BCUT2D eigenvalue weighted by molar-refractivity contribution is 5.80. The lowest BCUT2D eigenvalue weighted by Gasteiger charge is -2.24. The Morgan fingerprint density at radius 2 is 2.21 bits per heavy atom. The number of likely N-dealkylation sites (tertiary alicyclic amines) is 1. The van der Waals surface area contributed by atoms with Gasteiger partial charge in [0.05, 0.1) is 0 Å². The van der Waals surface area contributed by atoms with Crippen LogP contribution in [0, 0.1) is 0 Å². The lowest BCUT2D eigenvalue weighted by molar-refractivity contribution is 0.242. The highest BCUT2D eigenvalue weighted by Crippen LogP contribution is 2.26. The predicted octanol–water partition coefficient (Wildman–Crippen LogP) is 2.20. The van der Waals surface area contributed by atoms with E-state index in [9.17, 15) is 0 Å². The Hall–Kier alpha value is -1.62. The summed E-state index contributed by atoms with van der Waals surface area (Å²) in [5.74, 6) is 0.958. The molecule has 1 atom stereocenters. The van der Waals surface area contributed by atoms with Gasteiger partial charge in [0, 0.05) is 50.7 Å². The summed E-state index contributed by atoms with van der Waals surface area (Å²) in [4.78, 5) is 11.6. The minimum Gasteiger partial charge on any atom is -0.357 e. The molecule has 0 aromatic carbocycles. The van der Waals surface area contributed by atoms with Crippen LogP contribution in [0.15, 0.2) is 29.5 Å². The van der Waals surface area contributed by atoms with Crippen molar-refractivity contribution in [3.8, 4) is 0 Å². The summed E-state index contributed by atoms with van der Waals surface area (Å²) in [5, 5.41) is 7.02. The second kappa shape index (κ2) is 9.02. The molecule has 132 valence electrons. The summed E-state index contributed by atoms with van der Waals surface area (Å²) in [6, 6.07) is 5.46. The molecule has 1 aliphatic carbocycles. The third-order valence-corrected chi connectivity index (χ3v) is 5.14. The zero-order valence-electron chi connectivity index (χ0n) is 14.9. The maximum Gasteiger partial charge on any atom is 0.191 e. The zero-order chi connectivity index (χ0) is 16.6. The minimum absolute atomic E-state index is 0.529. The lowest BCUT2D eigenvalue weighted by atomic mass is 10.2. The molecule has 1 unspecified atom stereocenters. The molecule has 0 bridgehead atoms. The van der Waals surface area contributed by atoms with E-state index in [4.69, 9.17) is 4.99 Å². The molecule has 2 N–H and O–H groups in total. The van der Waals surface area contributed by atoms with Crippen LogP contribution >= 0.6 is 0 Å². The van der Waals surface area contributed by atoms with Crippen LogP contribution < -0.4 is 10.6 Å². The molecule has 1 aromatic rings. The van der Waals surface area contributed by atoms with Crippen LogP contribution in [0.5, 0.6) is 0 Å². The molecule has 2 aliphatic rings. The van der Waals surface area contributed by atoms with Crippen molar-refractivity contribution in [1.82, 2.24) is 20.5 Å². The molecule has 5 nitrogen and oxygen atoms in total. The van der Waals surface area contributed by atoms with Gasteiger partial charge in [-0.05, 0) is 44.2 Å². The quantitative estimate of drug-likeness (QED) is 0.620. The zero-order valence-corrected chi connectivity index (χ0v) is 14.9. The van der Waals surface area contributed by atoms with E-state index < -0.39 is 0 Å². The van der Waals surface area contributed by atoms with E-state index in [-0.39, 0.29) is 0 Å². The first kappa shape index (κ1) is 17.2. The van der Waals surface area contributed by atoms with Gasteiger partial charge in [-0.25, -0.2) is 0 Å². The van der Waals surface area contributed by atoms with E-state index in [0.29, 0.717) is 6.04 Å². The number of nitrogens with one attached hydrogen (secondary N) is 2. The van der Waals surface area contributed by atoms with Gasteiger partial charge in [-0.3, -0.25) is 14.9 Å². The van der Waals surface area contributed by atoms with Crippen molar-refractivity contribution in [2.24, 2.45) is 4.99 Å². The smallest absolute Gasteiger partial charge is 0.191 e. The molecular weight excluding hydrogens is 298 g/mol. The minimum atomic E-state index is 0.529. The number of guanidine groups is 1. The molecule has 1 saturated carbocycles. The second-order valence-electron chi connectivity index (χ2n) is 6.94. The van der Waals surface area contributed by atoms with Gasteiger partial charge in [0.1, 0.15) is 0 Å². The van der Waals surface area contributed by atoms with Crippen molar-refractivity contribution in [1.29, 1.82) is 0 Å². The first-order valence-corrected chi connectivity index (χ1v) is 9.53. The van der Waals surface area contributed by atoms with Crippen molar-refractivity contribution in [3.05, 3.63) is 30.1 Å². The van der Waals surface area contributed by atoms with Gasteiger partial charge < -0.3 is 10.6 Å². The van der Waals surface area contributed by atoms with E-state index in [1.54, 1.807) is 0 Å². The molecule has 1 aromatic heterocycles. The van der Waals surface area contributed by atoms with Crippen molar-refractivity contribution >= 4 is 5.96 Å². The summed E-state index contributed by atoms with van der Waals surface area (Å²) in [6.45, 7) is 6.21. The summed E-state index contributed by atoms with van der Waals surface area (Å²) >= 11 is 0. The molecule has 0 amide bonds. The second-order valence-corrected chi connectivity index (χ2v) is 6.94. The normalized spacial score (nSPS) is 22.9. The monoisotopic (exact) mass is 329 g/mol. The number of aliphatic imine (C=N–C) groups is 1. The Morgan fingerprint density at radius 3 is 2.96 bits per heavy atom. The molecule has 1 aliphatic heterocycles. The fourth-order valence-electron chi connectivity index (χ4n) is 3.86. The van der Waals surface area contributed by atoms with Gasteiger partial charge in [-0.2, -0.15) is 0 Å². The summed E-state index contributed by atoms with van der Waals surface area (Å²) in [5.41, 5.74) is 1.24. The van der Waals surface area contributed by atoms with Gasteiger partial charge in [0.2, 0.25) is 0 Å². The molecule has 2 fully saturated rings. The van der Waals surface area contributed by atoms with Gasteiger partial charge >= 0.3 is 0 Å². The van der Waals surface area contributed by atoms with Crippen LogP contribution in [0.25, 0.3) is 0 Å². The Kier molecular flexibility index (Phi) is 6.47. The van der Waals surface area contributed by atoms with Crippen LogP contribution in [0.4, 0.5) is 0 Å². The molecule has 24 heavy (non-hydrogen) atoms. The highest BCUT2D eigenvalue weighted by Gasteiger charge is 2.30. The van der Waals surface area contributed by atoms with E-state index >= 15 is 0 Å². The molecule has 5 heteroatoms.